The van der Waals surface area contributed by atoms with Gasteiger partial charge in [0.15, 0.2) is 0 Å². The van der Waals surface area contributed by atoms with Crippen molar-refractivity contribution in [3.8, 4) is 0 Å². The molecule has 2 nitrogen and oxygen atoms in total. The van der Waals surface area contributed by atoms with Gasteiger partial charge >= 0.3 is 0 Å². The van der Waals surface area contributed by atoms with Crippen LogP contribution in [0.4, 0.5) is 0 Å². The molecule has 1 heterocycles. The lowest BCUT2D eigenvalue weighted by Gasteiger charge is -2.31. The summed E-state index contributed by atoms with van der Waals surface area (Å²) in [6, 6.07) is 0. The summed E-state index contributed by atoms with van der Waals surface area (Å²) in [4.78, 5) is 5.54. The van der Waals surface area contributed by atoms with Crippen LogP contribution in [0.2, 0.25) is 0 Å². The first-order chi connectivity index (χ1) is 10.1. The molecule has 0 radical (unpaired) electrons. The molecule has 0 bridgehead atoms. The van der Waals surface area contributed by atoms with Gasteiger partial charge in [-0.25, -0.2) is 0 Å². The monoisotopic (exact) mass is 349 g/mol. The molecule has 1 aliphatic rings. The SMILES string of the molecule is CCCC[P+](CCCC)(CCCC)CC1C(C)=NOC1C.[Cl-]. The van der Waals surface area contributed by atoms with Crippen LogP contribution < -0.4 is 12.4 Å². The highest BCUT2D eigenvalue weighted by Gasteiger charge is 2.42. The number of rotatable bonds is 11. The Hall–Kier alpha value is 0.190. The predicted molar refractivity (Wildman–Crippen MR) is 98.3 cm³/mol. The smallest absolute Gasteiger partial charge is 0.136 e. The lowest BCUT2D eigenvalue weighted by Crippen LogP contribution is -3.00. The average molecular weight is 350 g/mol. The molecule has 22 heavy (non-hydrogen) atoms. The highest BCUT2D eigenvalue weighted by molar-refractivity contribution is 7.75. The minimum Gasteiger partial charge on any atom is -1.00 e. The standard InChI is InChI=1S/C18H37NOP.ClH/c1-6-9-12-21(13-10-7-2,14-11-8-3)15-18-16(4)19-20-17(18)5;/h17-18H,6-15H2,1-5H3;1H/q+1;/p-1. The number of unbranched alkanes of at least 4 members (excludes halogenated alkanes) is 3. The second kappa shape index (κ2) is 11.7. The second-order valence-corrected chi connectivity index (χ2v) is 11.3. The van der Waals surface area contributed by atoms with E-state index >= 15 is 0 Å². The molecular weight excluding hydrogens is 313 g/mol. The van der Waals surface area contributed by atoms with Gasteiger partial charge in [-0.1, -0.05) is 45.2 Å². The van der Waals surface area contributed by atoms with Gasteiger partial charge in [-0.3, -0.25) is 0 Å². The third-order valence-electron chi connectivity index (χ3n) is 5.01. The van der Waals surface area contributed by atoms with Crippen molar-refractivity contribution in [1.29, 1.82) is 0 Å². The van der Waals surface area contributed by atoms with Crippen molar-refractivity contribution in [2.75, 3.05) is 24.6 Å². The van der Waals surface area contributed by atoms with E-state index in [4.69, 9.17) is 4.84 Å². The summed E-state index contributed by atoms with van der Waals surface area (Å²) in [6.07, 6.45) is 14.5. The molecule has 0 saturated heterocycles. The topological polar surface area (TPSA) is 21.6 Å². The average Bonchev–Trinajstić information content (AvgIpc) is 2.80. The predicted octanol–water partition coefficient (Wildman–Crippen LogP) is 2.82. The highest BCUT2D eigenvalue weighted by Crippen LogP contribution is 2.62. The van der Waals surface area contributed by atoms with E-state index in [-0.39, 0.29) is 12.4 Å². The Balaban J connectivity index is 0.00000441. The first-order valence-corrected chi connectivity index (χ1v) is 11.7. The fourth-order valence-corrected chi connectivity index (χ4v) is 9.01. The van der Waals surface area contributed by atoms with Crippen LogP contribution in [0.1, 0.15) is 73.1 Å². The van der Waals surface area contributed by atoms with Crippen LogP contribution in [0.5, 0.6) is 0 Å². The zero-order valence-electron chi connectivity index (χ0n) is 15.4. The number of nitrogens with zero attached hydrogens (tertiary/aromatic N) is 1. The molecule has 0 aromatic heterocycles. The molecule has 0 amide bonds. The summed E-state index contributed by atoms with van der Waals surface area (Å²) in [5.74, 6) is 0.587. The Kier molecular flexibility index (Phi) is 11.8. The Morgan fingerprint density at radius 2 is 1.41 bits per heavy atom. The fraction of sp³-hybridized carbons (Fsp3) is 0.944. The molecule has 4 heteroatoms. The number of halogens is 1. The summed E-state index contributed by atoms with van der Waals surface area (Å²) in [5.41, 5.74) is 1.25. The first kappa shape index (κ1) is 22.2. The lowest BCUT2D eigenvalue weighted by molar-refractivity contribution is -0.00000621. The van der Waals surface area contributed by atoms with Gasteiger partial charge in [-0.05, 0) is 33.1 Å². The van der Waals surface area contributed by atoms with Crippen molar-refractivity contribution in [2.45, 2.75) is 79.2 Å². The summed E-state index contributed by atoms with van der Waals surface area (Å²) in [6.45, 7) is 11.4. The van der Waals surface area contributed by atoms with Gasteiger partial charge in [0, 0.05) is 7.26 Å². The Bertz CT molecular complexity index is 300. The molecule has 0 aliphatic carbocycles. The van der Waals surface area contributed by atoms with Crippen LogP contribution in [0.15, 0.2) is 5.16 Å². The van der Waals surface area contributed by atoms with Crippen molar-refractivity contribution in [3.63, 3.8) is 0 Å². The Labute approximate surface area is 145 Å². The zero-order chi connectivity index (χ0) is 15.7. The van der Waals surface area contributed by atoms with Crippen molar-refractivity contribution in [1.82, 2.24) is 0 Å². The Morgan fingerprint density at radius 3 is 1.73 bits per heavy atom. The van der Waals surface area contributed by atoms with E-state index < -0.39 is 7.26 Å². The van der Waals surface area contributed by atoms with E-state index in [9.17, 15) is 0 Å². The van der Waals surface area contributed by atoms with E-state index in [0.29, 0.717) is 12.0 Å². The molecule has 0 spiro atoms. The van der Waals surface area contributed by atoms with Crippen molar-refractivity contribution in [3.05, 3.63) is 0 Å². The Morgan fingerprint density at radius 1 is 0.955 bits per heavy atom. The maximum Gasteiger partial charge on any atom is 0.136 e. The zero-order valence-corrected chi connectivity index (χ0v) is 17.1. The van der Waals surface area contributed by atoms with Gasteiger partial charge in [0.1, 0.15) is 6.10 Å². The molecule has 2 unspecified atom stereocenters. The molecule has 0 fully saturated rings. The highest BCUT2D eigenvalue weighted by atomic mass is 35.5. The van der Waals surface area contributed by atoms with Crippen LogP contribution in [-0.2, 0) is 4.84 Å². The van der Waals surface area contributed by atoms with Gasteiger partial charge in [-0.15, -0.1) is 0 Å². The molecular formula is C18H37ClNOP. The van der Waals surface area contributed by atoms with Gasteiger partial charge in [-0.2, -0.15) is 0 Å². The van der Waals surface area contributed by atoms with Crippen molar-refractivity contribution >= 4 is 13.0 Å². The molecule has 0 aromatic carbocycles. The minimum absolute atomic E-state index is 0. The largest absolute Gasteiger partial charge is 1.00 e. The third kappa shape index (κ3) is 6.75. The second-order valence-electron chi connectivity index (χ2n) is 6.91. The van der Waals surface area contributed by atoms with Crippen LogP contribution >= 0.6 is 7.26 Å². The van der Waals surface area contributed by atoms with E-state index in [1.807, 2.05) is 0 Å². The van der Waals surface area contributed by atoms with Gasteiger partial charge in [0.05, 0.1) is 36.3 Å². The number of hydrogen-bond acceptors (Lipinski definition) is 2. The van der Waals surface area contributed by atoms with E-state index in [1.54, 1.807) is 0 Å². The fourth-order valence-electron chi connectivity index (χ4n) is 3.43. The molecule has 1 rings (SSSR count). The summed E-state index contributed by atoms with van der Waals surface area (Å²) in [7, 11) is -0.830. The van der Waals surface area contributed by atoms with Gasteiger partial charge in [0.25, 0.3) is 0 Å². The number of hydrogen-bond donors (Lipinski definition) is 0. The molecule has 1 aliphatic heterocycles. The summed E-state index contributed by atoms with van der Waals surface area (Å²) < 4.78 is 0. The normalized spacial score (nSPS) is 21.2. The third-order valence-corrected chi connectivity index (χ3v) is 9.97. The summed E-state index contributed by atoms with van der Waals surface area (Å²) in [5, 5.41) is 4.26. The summed E-state index contributed by atoms with van der Waals surface area (Å²) >= 11 is 0. The van der Waals surface area contributed by atoms with Crippen LogP contribution in [-0.4, -0.2) is 36.5 Å². The van der Waals surface area contributed by atoms with Crippen molar-refractivity contribution in [2.24, 2.45) is 11.1 Å². The van der Waals surface area contributed by atoms with Gasteiger partial charge < -0.3 is 17.2 Å². The molecule has 132 valence electrons. The lowest BCUT2D eigenvalue weighted by atomic mass is 10.0. The first-order valence-electron chi connectivity index (χ1n) is 9.14. The van der Waals surface area contributed by atoms with Crippen molar-refractivity contribution < 1.29 is 17.2 Å². The van der Waals surface area contributed by atoms with Gasteiger partial charge in [0.2, 0.25) is 0 Å². The minimum atomic E-state index is -0.830. The van der Waals surface area contributed by atoms with Crippen LogP contribution in [0.25, 0.3) is 0 Å². The van der Waals surface area contributed by atoms with E-state index in [2.05, 4.69) is 39.8 Å². The van der Waals surface area contributed by atoms with Crippen LogP contribution in [0, 0.1) is 5.92 Å². The number of oxime groups is 1. The quantitative estimate of drug-likeness (QED) is 0.526. The molecule has 0 N–H and O–H groups in total. The van der Waals surface area contributed by atoms with E-state index in [0.717, 1.165) is 0 Å². The maximum atomic E-state index is 5.54. The maximum absolute atomic E-state index is 5.54. The molecule has 0 aromatic rings. The van der Waals surface area contributed by atoms with E-state index in [1.165, 1.54) is 68.9 Å². The molecule has 2 atom stereocenters. The van der Waals surface area contributed by atoms with Crippen LogP contribution in [0.3, 0.4) is 0 Å². The molecule has 0 saturated carbocycles.